The number of hydrogen-bond donors (Lipinski definition) is 1. The molecule has 2 rings (SSSR count). The van der Waals surface area contributed by atoms with Crippen molar-refractivity contribution < 1.29 is 4.79 Å². The summed E-state index contributed by atoms with van der Waals surface area (Å²) in [6.07, 6.45) is 0. The summed E-state index contributed by atoms with van der Waals surface area (Å²) in [5.74, 6) is 0.490. The van der Waals surface area contributed by atoms with Crippen LogP contribution in [0.4, 0.5) is 5.69 Å². The van der Waals surface area contributed by atoms with Gasteiger partial charge in [0.05, 0.1) is 0 Å². The molecule has 0 unspecified atom stereocenters. The molecule has 2 aromatic carbocycles. The lowest BCUT2D eigenvalue weighted by Crippen LogP contribution is -2.03. The van der Waals surface area contributed by atoms with Crippen LogP contribution < -0.4 is 5.73 Å². The van der Waals surface area contributed by atoms with Crippen molar-refractivity contribution in [3.63, 3.8) is 0 Å². The third kappa shape index (κ3) is 3.02. The molecule has 0 aromatic heterocycles. The van der Waals surface area contributed by atoms with Gasteiger partial charge in [0.2, 0.25) is 0 Å². The minimum atomic E-state index is 0.0192. The summed E-state index contributed by atoms with van der Waals surface area (Å²) in [7, 11) is 0. The van der Waals surface area contributed by atoms with Crippen molar-refractivity contribution in [2.24, 2.45) is 0 Å². The van der Waals surface area contributed by atoms with Gasteiger partial charge in [-0.15, -0.1) is 0 Å². The summed E-state index contributed by atoms with van der Waals surface area (Å²) >= 11 is 0. The second-order valence-corrected chi connectivity index (χ2v) is 5.24. The summed E-state index contributed by atoms with van der Waals surface area (Å²) in [5.41, 5.74) is 10.0. The largest absolute Gasteiger partial charge is 0.399 e. The Morgan fingerprint density at radius 3 is 2.16 bits per heavy atom. The second kappa shape index (κ2) is 5.27. The molecule has 2 aromatic rings. The van der Waals surface area contributed by atoms with Gasteiger partial charge in [-0.1, -0.05) is 38.1 Å². The molecular formula is C17H19NO. The van der Waals surface area contributed by atoms with Crippen molar-refractivity contribution in [1.29, 1.82) is 0 Å². The molecule has 0 fully saturated rings. The molecule has 0 saturated heterocycles. The molecule has 0 atom stereocenters. The van der Waals surface area contributed by atoms with Crippen LogP contribution in [0.25, 0.3) is 0 Å². The topological polar surface area (TPSA) is 43.1 Å². The average molecular weight is 253 g/mol. The first-order valence-corrected chi connectivity index (χ1v) is 6.49. The highest BCUT2D eigenvalue weighted by Crippen LogP contribution is 2.18. The molecule has 0 bridgehead atoms. The van der Waals surface area contributed by atoms with Gasteiger partial charge in [-0.25, -0.2) is 0 Å². The number of anilines is 1. The Hall–Kier alpha value is -2.09. The van der Waals surface area contributed by atoms with Crippen LogP contribution in [0.2, 0.25) is 0 Å². The molecule has 0 spiro atoms. The molecule has 0 radical (unpaired) electrons. The Morgan fingerprint density at radius 2 is 1.63 bits per heavy atom. The minimum Gasteiger partial charge on any atom is -0.399 e. The third-order valence-electron chi connectivity index (χ3n) is 3.20. The van der Waals surface area contributed by atoms with Crippen LogP contribution in [0.5, 0.6) is 0 Å². The van der Waals surface area contributed by atoms with E-state index in [2.05, 4.69) is 13.8 Å². The normalized spacial score (nSPS) is 10.7. The van der Waals surface area contributed by atoms with Crippen molar-refractivity contribution in [3.8, 4) is 0 Å². The molecular weight excluding hydrogens is 234 g/mol. The molecule has 0 heterocycles. The quantitative estimate of drug-likeness (QED) is 0.665. The third-order valence-corrected chi connectivity index (χ3v) is 3.20. The zero-order chi connectivity index (χ0) is 14.0. The van der Waals surface area contributed by atoms with E-state index in [-0.39, 0.29) is 5.78 Å². The van der Waals surface area contributed by atoms with Crippen LogP contribution in [0.15, 0.2) is 42.5 Å². The van der Waals surface area contributed by atoms with E-state index in [1.165, 1.54) is 5.56 Å². The van der Waals surface area contributed by atoms with E-state index in [4.69, 9.17) is 5.73 Å². The number of benzene rings is 2. The monoisotopic (exact) mass is 253 g/mol. The van der Waals surface area contributed by atoms with Gasteiger partial charge in [0.25, 0.3) is 0 Å². The summed E-state index contributed by atoms with van der Waals surface area (Å²) in [5, 5.41) is 0. The summed E-state index contributed by atoms with van der Waals surface area (Å²) < 4.78 is 0. The smallest absolute Gasteiger partial charge is 0.193 e. The fraction of sp³-hybridized carbons (Fsp3) is 0.235. The van der Waals surface area contributed by atoms with Crippen molar-refractivity contribution in [3.05, 3.63) is 64.7 Å². The van der Waals surface area contributed by atoms with Gasteiger partial charge in [-0.05, 0) is 42.2 Å². The number of carbonyl (C=O) groups excluding carboxylic acids is 1. The standard InChI is InChI=1S/C17H19NO/c1-11(2)13-4-6-14(7-5-13)17(19)15-8-12(3)9-16(18)10-15/h4-11H,18H2,1-3H3. The minimum absolute atomic E-state index is 0.0192. The Morgan fingerprint density at radius 1 is 1.00 bits per heavy atom. The lowest BCUT2D eigenvalue weighted by atomic mass is 9.97. The number of nitrogen functional groups attached to an aromatic ring is 1. The molecule has 0 amide bonds. The van der Waals surface area contributed by atoms with E-state index in [1.807, 2.05) is 43.3 Å². The van der Waals surface area contributed by atoms with E-state index in [0.29, 0.717) is 22.7 Å². The molecule has 2 nitrogen and oxygen atoms in total. The zero-order valence-electron chi connectivity index (χ0n) is 11.6. The molecule has 98 valence electrons. The fourth-order valence-electron chi connectivity index (χ4n) is 2.13. The van der Waals surface area contributed by atoms with Crippen molar-refractivity contribution in [2.45, 2.75) is 26.7 Å². The van der Waals surface area contributed by atoms with Crippen LogP contribution in [-0.2, 0) is 0 Å². The fourth-order valence-corrected chi connectivity index (χ4v) is 2.13. The van der Waals surface area contributed by atoms with E-state index < -0.39 is 0 Å². The first kappa shape index (κ1) is 13.3. The highest BCUT2D eigenvalue weighted by atomic mass is 16.1. The summed E-state index contributed by atoms with van der Waals surface area (Å²) in [4.78, 5) is 12.4. The maximum atomic E-state index is 12.4. The molecule has 19 heavy (non-hydrogen) atoms. The van der Waals surface area contributed by atoms with Crippen LogP contribution in [0, 0.1) is 6.92 Å². The average Bonchev–Trinajstić information content (AvgIpc) is 2.37. The lowest BCUT2D eigenvalue weighted by molar-refractivity contribution is 0.103. The maximum absolute atomic E-state index is 12.4. The van der Waals surface area contributed by atoms with Gasteiger partial charge < -0.3 is 5.73 Å². The second-order valence-electron chi connectivity index (χ2n) is 5.24. The van der Waals surface area contributed by atoms with Gasteiger partial charge in [0, 0.05) is 16.8 Å². The number of hydrogen-bond acceptors (Lipinski definition) is 2. The zero-order valence-corrected chi connectivity index (χ0v) is 11.6. The van der Waals surface area contributed by atoms with Crippen molar-refractivity contribution in [1.82, 2.24) is 0 Å². The Balaban J connectivity index is 2.33. The van der Waals surface area contributed by atoms with Gasteiger partial charge in [0.1, 0.15) is 0 Å². The molecule has 2 N–H and O–H groups in total. The number of nitrogens with two attached hydrogens (primary N) is 1. The van der Waals surface area contributed by atoms with E-state index in [1.54, 1.807) is 6.07 Å². The lowest BCUT2D eigenvalue weighted by Gasteiger charge is -2.07. The molecule has 0 aliphatic heterocycles. The van der Waals surface area contributed by atoms with Gasteiger partial charge in [0.15, 0.2) is 5.78 Å². The highest BCUT2D eigenvalue weighted by Gasteiger charge is 2.10. The van der Waals surface area contributed by atoms with Gasteiger partial charge in [-0.2, -0.15) is 0 Å². The first-order valence-electron chi connectivity index (χ1n) is 6.49. The SMILES string of the molecule is Cc1cc(N)cc(C(=O)c2ccc(C(C)C)cc2)c1. The predicted molar refractivity (Wildman–Crippen MR) is 79.6 cm³/mol. The highest BCUT2D eigenvalue weighted by molar-refractivity contribution is 6.09. The molecule has 0 aliphatic rings. The Labute approximate surface area is 114 Å². The van der Waals surface area contributed by atoms with E-state index in [9.17, 15) is 4.79 Å². The summed E-state index contributed by atoms with van der Waals surface area (Å²) in [6.45, 7) is 6.21. The number of rotatable bonds is 3. The van der Waals surface area contributed by atoms with Gasteiger partial charge in [-0.3, -0.25) is 4.79 Å². The van der Waals surface area contributed by atoms with E-state index >= 15 is 0 Å². The predicted octanol–water partition coefficient (Wildman–Crippen LogP) is 3.93. The Bertz CT molecular complexity index is 577. The maximum Gasteiger partial charge on any atom is 0.193 e. The summed E-state index contributed by atoms with van der Waals surface area (Å²) in [6, 6.07) is 13.2. The number of carbonyl (C=O) groups is 1. The molecule has 2 heteroatoms. The van der Waals surface area contributed by atoms with Crippen LogP contribution in [-0.4, -0.2) is 5.78 Å². The van der Waals surface area contributed by atoms with Gasteiger partial charge >= 0.3 is 0 Å². The number of ketones is 1. The number of aryl methyl sites for hydroxylation is 1. The van der Waals surface area contributed by atoms with Crippen LogP contribution in [0.3, 0.4) is 0 Å². The molecule has 0 aliphatic carbocycles. The van der Waals surface area contributed by atoms with E-state index in [0.717, 1.165) is 5.56 Å². The van der Waals surface area contributed by atoms with Crippen LogP contribution in [0.1, 0.15) is 46.8 Å². The first-order chi connectivity index (χ1) is 8.97. The van der Waals surface area contributed by atoms with Crippen molar-refractivity contribution in [2.75, 3.05) is 5.73 Å². The molecule has 0 saturated carbocycles. The Kier molecular flexibility index (Phi) is 3.70. The van der Waals surface area contributed by atoms with Crippen molar-refractivity contribution >= 4 is 11.5 Å². The van der Waals surface area contributed by atoms with Crippen LogP contribution >= 0.6 is 0 Å².